The maximum atomic E-state index is 10.9. The summed E-state index contributed by atoms with van der Waals surface area (Å²) in [5.74, 6) is 0.304. The molecular weight excluding hydrogens is 338 g/mol. The number of para-hydroxylation sites is 2. The van der Waals surface area contributed by atoms with Crippen LogP contribution in [0.4, 0.5) is 5.69 Å². The zero-order chi connectivity index (χ0) is 19.4. The molecule has 0 radical (unpaired) electrons. The number of carboxylic acids is 1. The molecule has 5 nitrogen and oxygen atoms in total. The SMILES string of the molecule is CCn1c(C=Cc2ccc(NC(C)C(=O)O)cc2)[n+](CC)c2ccccc21. The summed E-state index contributed by atoms with van der Waals surface area (Å²) in [5.41, 5.74) is 4.35. The zero-order valence-electron chi connectivity index (χ0n) is 16.0. The van der Waals surface area contributed by atoms with Gasteiger partial charge in [0.1, 0.15) is 6.04 Å². The number of rotatable bonds is 7. The van der Waals surface area contributed by atoms with Crippen LogP contribution in [0.5, 0.6) is 0 Å². The normalized spacial score (nSPS) is 12.6. The highest BCUT2D eigenvalue weighted by molar-refractivity contribution is 5.78. The van der Waals surface area contributed by atoms with Gasteiger partial charge in [0.05, 0.1) is 13.1 Å². The number of aryl methyl sites for hydroxylation is 2. The van der Waals surface area contributed by atoms with Crippen LogP contribution in [0.25, 0.3) is 23.2 Å². The molecular formula is C22H26N3O2+. The third-order valence-corrected chi connectivity index (χ3v) is 4.74. The summed E-state index contributed by atoms with van der Waals surface area (Å²) in [7, 11) is 0. The van der Waals surface area contributed by atoms with Gasteiger partial charge in [-0.3, -0.25) is 4.79 Å². The Labute approximate surface area is 159 Å². The smallest absolute Gasteiger partial charge is 0.325 e. The molecule has 0 aliphatic carbocycles. The first-order valence-electron chi connectivity index (χ1n) is 9.33. The molecule has 3 rings (SSSR count). The second kappa shape index (κ2) is 8.08. The van der Waals surface area contributed by atoms with Gasteiger partial charge < -0.3 is 10.4 Å². The minimum Gasteiger partial charge on any atom is -0.480 e. The van der Waals surface area contributed by atoms with E-state index in [2.05, 4.69) is 64.7 Å². The molecule has 1 aromatic heterocycles. The highest BCUT2D eigenvalue weighted by Gasteiger charge is 2.20. The average Bonchev–Trinajstić information content (AvgIpc) is 2.99. The third-order valence-electron chi connectivity index (χ3n) is 4.74. The minimum atomic E-state index is -0.865. The van der Waals surface area contributed by atoms with Crippen LogP contribution in [0.3, 0.4) is 0 Å². The number of fused-ring (bicyclic) bond motifs is 1. The first kappa shape index (κ1) is 18.7. The topological polar surface area (TPSA) is 58.1 Å². The van der Waals surface area contributed by atoms with Crippen LogP contribution in [0.2, 0.25) is 0 Å². The molecule has 0 fully saturated rings. The summed E-state index contributed by atoms with van der Waals surface area (Å²) in [6.07, 6.45) is 4.24. The lowest BCUT2D eigenvalue weighted by Gasteiger charge is -2.10. The molecule has 0 spiro atoms. The quantitative estimate of drug-likeness (QED) is 0.623. The van der Waals surface area contributed by atoms with Crippen molar-refractivity contribution in [3.8, 4) is 0 Å². The van der Waals surface area contributed by atoms with E-state index >= 15 is 0 Å². The van der Waals surface area contributed by atoms with Crippen molar-refractivity contribution in [2.24, 2.45) is 0 Å². The number of hydrogen-bond donors (Lipinski definition) is 2. The molecule has 5 heteroatoms. The number of nitrogens with zero attached hydrogens (tertiary/aromatic N) is 2. The molecule has 2 N–H and O–H groups in total. The van der Waals surface area contributed by atoms with E-state index in [-0.39, 0.29) is 0 Å². The average molecular weight is 364 g/mol. The lowest BCUT2D eigenvalue weighted by molar-refractivity contribution is -0.670. The third kappa shape index (κ3) is 3.87. The minimum absolute atomic E-state index is 0.616. The van der Waals surface area contributed by atoms with Gasteiger partial charge in [0.2, 0.25) is 0 Å². The van der Waals surface area contributed by atoms with Crippen molar-refractivity contribution >= 4 is 34.8 Å². The van der Waals surface area contributed by atoms with Gasteiger partial charge >= 0.3 is 5.97 Å². The van der Waals surface area contributed by atoms with Crippen molar-refractivity contribution in [2.45, 2.75) is 39.9 Å². The van der Waals surface area contributed by atoms with Crippen LogP contribution < -0.4 is 9.88 Å². The highest BCUT2D eigenvalue weighted by Crippen LogP contribution is 2.18. The Morgan fingerprint density at radius 1 is 1.15 bits per heavy atom. The van der Waals surface area contributed by atoms with Crippen LogP contribution in [0.15, 0.2) is 48.5 Å². The Bertz CT molecular complexity index is 930. The van der Waals surface area contributed by atoms with E-state index in [1.807, 2.05) is 24.3 Å². The lowest BCUT2D eigenvalue weighted by Crippen LogP contribution is -2.35. The fourth-order valence-electron chi connectivity index (χ4n) is 3.33. The van der Waals surface area contributed by atoms with E-state index in [0.717, 1.165) is 24.3 Å². The summed E-state index contributed by atoms with van der Waals surface area (Å²) >= 11 is 0. The number of carbonyl (C=O) groups is 1. The molecule has 0 aliphatic heterocycles. The number of nitrogens with one attached hydrogen (secondary N) is 1. The summed E-state index contributed by atoms with van der Waals surface area (Å²) in [6.45, 7) is 7.76. The standard InChI is InChI=1S/C22H25N3O2/c1-4-24-19-8-6-7-9-20(19)25(5-2)21(24)15-12-17-10-13-18(14-11-17)23-16(3)22(26)27/h6-16H,4-5H2,1-3H3,(H,26,27)/p+1. The molecule has 0 saturated carbocycles. The van der Waals surface area contributed by atoms with Gasteiger partial charge in [-0.05, 0) is 56.7 Å². The highest BCUT2D eigenvalue weighted by atomic mass is 16.4. The van der Waals surface area contributed by atoms with Gasteiger partial charge in [-0.15, -0.1) is 0 Å². The maximum absolute atomic E-state index is 10.9. The Morgan fingerprint density at radius 2 is 1.85 bits per heavy atom. The van der Waals surface area contributed by atoms with Crippen LogP contribution in [0.1, 0.15) is 32.2 Å². The number of anilines is 1. The van der Waals surface area contributed by atoms with Gasteiger partial charge in [0.25, 0.3) is 5.82 Å². The molecule has 1 unspecified atom stereocenters. The number of hydrogen-bond acceptors (Lipinski definition) is 2. The summed E-state index contributed by atoms with van der Waals surface area (Å²) in [4.78, 5) is 10.9. The lowest BCUT2D eigenvalue weighted by atomic mass is 10.2. The van der Waals surface area contributed by atoms with Gasteiger partial charge in [-0.25, -0.2) is 9.13 Å². The van der Waals surface area contributed by atoms with Crippen molar-refractivity contribution < 1.29 is 14.5 Å². The first-order chi connectivity index (χ1) is 13.0. The second-order valence-corrected chi connectivity index (χ2v) is 6.50. The van der Waals surface area contributed by atoms with Gasteiger partial charge in [0.15, 0.2) is 11.0 Å². The molecule has 0 bridgehead atoms. The summed E-state index contributed by atoms with van der Waals surface area (Å²) in [5, 5.41) is 12.0. The maximum Gasteiger partial charge on any atom is 0.325 e. The molecule has 27 heavy (non-hydrogen) atoms. The summed E-state index contributed by atoms with van der Waals surface area (Å²) in [6, 6.07) is 15.6. The van der Waals surface area contributed by atoms with Crippen LogP contribution in [-0.2, 0) is 17.9 Å². The Balaban J connectivity index is 1.89. The molecule has 2 aromatic carbocycles. The predicted molar refractivity (Wildman–Crippen MR) is 110 cm³/mol. The van der Waals surface area contributed by atoms with E-state index in [9.17, 15) is 4.79 Å². The van der Waals surface area contributed by atoms with E-state index in [4.69, 9.17) is 5.11 Å². The largest absolute Gasteiger partial charge is 0.480 e. The Hall–Kier alpha value is -3.08. The number of carboxylic acid groups (broad SMARTS) is 1. The number of benzene rings is 2. The molecule has 1 atom stereocenters. The molecule has 3 aromatic rings. The van der Waals surface area contributed by atoms with Crippen molar-refractivity contribution in [1.29, 1.82) is 0 Å². The van der Waals surface area contributed by atoms with Gasteiger partial charge in [-0.1, -0.05) is 24.3 Å². The first-order valence-corrected chi connectivity index (χ1v) is 9.33. The van der Waals surface area contributed by atoms with E-state index in [1.165, 1.54) is 16.9 Å². The van der Waals surface area contributed by atoms with E-state index in [1.54, 1.807) is 6.92 Å². The predicted octanol–water partition coefficient (Wildman–Crippen LogP) is 4.02. The number of imidazole rings is 1. The number of aromatic nitrogens is 2. The molecule has 0 saturated heterocycles. The summed E-state index contributed by atoms with van der Waals surface area (Å²) < 4.78 is 4.64. The van der Waals surface area contributed by atoms with E-state index < -0.39 is 12.0 Å². The number of aliphatic carboxylic acids is 1. The van der Waals surface area contributed by atoms with Crippen LogP contribution in [-0.4, -0.2) is 21.7 Å². The van der Waals surface area contributed by atoms with Crippen LogP contribution in [0, 0.1) is 0 Å². The molecule has 140 valence electrons. The molecule has 0 amide bonds. The van der Waals surface area contributed by atoms with Crippen molar-refractivity contribution in [3.63, 3.8) is 0 Å². The molecule has 0 aliphatic rings. The Kier molecular flexibility index (Phi) is 5.60. The van der Waals surface area contributed by atoms with Crippen LogP contribution >= 0.6 is 0 Å². The zero-order valence-corrected chi connectivity index (χ0v) is 16.0. The molecule has 1 heterocycles. The van der Waals surface area contributed by atoms with Crippen molar-refractivity contribution in [3.05, 3.63) is 59.9 Å². The van der Waals surface area contributed by atoms with Gasteiger partial charge in [0, 0.05) is 11.8 Å². The Morgan fingerprint density at radius 3 is 2.48 bits per heavy atom. The van der Waals surface area contributed by atoms with Gasteiger partial charge in [-0.2, -0.15) is 0 Å². The monoisotopic (exact) mass is 364 g/mol. The second-order valence-electron chi connectivity index (χ2n) is 6.50. The van der Waals surface area contributed by atoms with E-state index in [0.29, 0.717) is 0 Å². The van der Waals surface area contributed by atoms with Crippen molar-refractivity contribution in [1.82, 2.24) is 4.57 Å². The van der Waals surface area contributed by atoms with Crippen molar-refractivity contribution in [2.75, 3.05) is 5.32 Å². The fraction of sp³-hybridized carbons (Fsp3) is 0.273. The fourth-order valence-corrected chi connectivity index (χ4v) is 3.33.